The minimum absolute atomic E-state index is 0.241. The van der Waals surface area contributed by atoms with E-state index < -0.39 is 23.8 Å². The van der Waals surface area contributed by atoms with E-state index in [0.29, 0.717) is 25.3 Å². The molecule has 0 spiro atoms. The van der Waals surface area contributed by atoms with Crippen molar-refractivity contribution in [3.63, 3.8) is 0 Å². The molecule has 114 valence electrons. The number of fused-ring (bicyclic) bond motifs is 1. The average molecular weight is 295 g/mol. The summed E-state index contributed by atoms with van der Waals surface area (Å²) in [6.07, 6.45) is -0.0306. The van der Waals surface area contributed by atoms with E-state index in [-0.39, 0.29) is 12.1 Å². The summed E-state index contributed by atoms with van der Waals surface area (Å²) < 4.78 is 24.1. The van der Waals surface area contributed by atoms with Gasteiger partial charge in [-0.1, -0.05) is 0 Å². The number of carbonyl (C=O) groups excluding carboxylic acids is 2. The number of carbonyl (C=O) groups is 2. The number of halogens is 1. The monoisotopic (exact) mass is 295 g/mol. The fraction of sp³-hybridized carbons (Fsp3) is 0.467. The molecule has 0 saturated carbocycles. The molecule has 0 atom stereocenters. The zero-order valence-electron chi connectivity index (χ0n) is 12.1. The molecule has 1 aromatic carbocycles. The first-order valence-corrected chi connectivity index (χ1v) is 6.97. The molecule has 0 unspecified atom stereocenters. The number of rotatable bonds is 7. The number of hydrogen-bond donors (Lipinski definition) is 0. The molecule has 1 aliphatic rings. The highest BCUT2D eigenvalue weighted by atomic mass is 19.1. The van der Waals surface area contributed by atoms with Crippen LogP contribution < -0.4 is 4.90 Å². The summed E-state index contributed by atoms with van der Waals surface area (Å²) in [7, 11) is 0. The summed E-state index contributed by atoms with van der Waals surface area (Å²) >= 11 is 0. The summed E-state index contributed by atoms with van der Waals surface area (Å²) in [5.41, 5.74) is 0.558. The van der Waals surface area contributed by atoms with Crippen molar-refractivity contribution in [2.45, 2.75) is 26.6 Å². The molecular weight excluding hydrogens is 277 g/mol. The maximum absolute atomic E-state index is 13.3. The van der Waals surface area contributed by atoms with E-state index in [9.17, 15) is 14.0 Å². The number of ketones is 1. The third-order valence-corrected chi connectivity index (χ3v) is 3.23. The molecule has 1 amide bonds. The largest absolute Gasteiger partial charge is 0.353 e. The first-order valence-electron chi connectivity index (χ1n) is 6.97. The smallest absolute Gasteiger partial charge is 0.299 e. The van der Waals surface area contributed by atoms with Gasteiger partial charge in [-0.2, -0.15) is 0 Å². The summed E-state index contributed by atoms with van der Waals surface area (Å²) in [6.45, 7) is 4.92. The number of nitrogens with zero attached hydrogens (tertiary/aromatic N) is 1. The van der Waals surface area contributed by atoms with Crippen molar-refractivity contribution >= 4 is 17.4 Å². The highest BCUT2D eigenvalue weighted by Crippen LogP contribution is 2.29. The van der Waals surface area contributed by atoms with Gasteiger partial charge < -0.3 is 14.4 Å². The summed E-state index contributed by atoms with van der Waals surface area (Å²) in [5.74, 6) is -1.72. The van der Waals surface area contributed by atoms with Crippen LogP contribution in [-0.2, 0) is 14.3 Å². The van der Waals surface area contributed by atoms with Crippen molar-refractivity contribution in [2.24, 2.45) is 0 Å². The Balaban J connectivity index is 2.12. The van der Waals surface area contributed by atoms with Gasteiger partial charge in [0, 0.05) is 26.2 Å². The van der Waals surface area contributed by atoms with Gasteiger partial charge in [-0.25, -0.2) is 4.39 Å². The second-order valence-electron chi connectivity index (χ2n) is 4.58. The second-order valence-corrected chi connectivity index (χ2v) is 4.58. The minimum Gasteiger partial charge on any atom is -0.353 e. The zero-order chi connectivity index (χ0) is 15.4. The molecule has 0 fully saturated rings. The van der Waals surface area contributed by atoms with Crippen molar-refractivity contribution in [1.29, 1.82) is 0 Å². The molecule has 1 heterocycles. The first kappa shape index (κ1) is 15.6. The van der Waals surface area contributed by atoms with Crippen LogP contribution in [-0.4, -0.2) is 37.7 Å². The second kappa shape index (κ2) is 6.78. The van der Waals surface area contributed by atoms with Crippen LogP contribution >= 0.6 is 0 Å². The van der Waals surface area contributed by atoms with Gasteiger partial charge in [-0.15, -0.1) is 0 Å². The van der Waals surface area contributed by atoms with E-state index >= 15 is 0 Å². The fourth-order valence-corrected chi connectivity index (χ4v) is 2.31. The van der Waals surface area contributed by atoms with Crippen LogP contribution in [0.4, 0.5) is 10.1 Å². The molecule has 0 radical (unpaired) electrons. The summed E-state index contributed by atoms with van der Waals surface area (Å²) in [6, 6.07) is 3.72. The Hall–Kier alpha value is -1.79. The Bertz CT molecular complexity index is 540. The molecule has 0 aliphatic carbocycles. The maximum Gasteiger partial charge on any atom is 0.299 e. The van der Waals surface area contributed by atoms with Crippen molar-refractivity contribution in [3.05, 3.63) is 29.6 Å². The van der Waals surface area contributed by atoms with Crippen molar-refractivity contribution in [3.8, 4) is 0 Å². The predicted octanol–water partition coefficient (Wildman–Crippen LogP) is 2.14. The molecule has 6 heteroatoms. The molecule has 21 heavy (non-hydrogen) atoms. The van der Waals surface area contributed by atoms with Gasteiger partial charge in [-0.3, -0.25) is 9.59 Å². The number of anilines is 1. The van der Waals surface area contributed by atoms with Gasteiger partial charge in [0.25, 0.3) is 11.7 Å². The number of benzene rings is 1. The van der Waals surface area contributed by atoms with E-state index in [1.807, 2.05) is 13.8 Å². The Morgan fingerprint density at radius 1 is 1.19 bits per heavy atom. The van der Waals surface area contributed by atoms with Crippen LogP contribution in [0, 0.1) is 5.82 Å². The van der Waals surface area contributed by atoms with Gasteiger partial charge in [0.2, 0.25) is 0 Å². The SMILES string of the molecule is CCOC(CCN1C(=O)C(=O)c2ccc(F)cc21)OCC. The van der Waals surface area contributed by atoms with Gasteiger partial charge in [-0.05, 0) is 32.0 Å². The lowest BCUT2D eigenvalue weighted by atomic mass is 10.1. The zero-order valence-corrected chi connectivity index (χ0v) is 12.1. The van der Waals surface area contributed by atoms with Gasteiger partial charge in [0.15, 0.2) is 6.29 Å². The van der Waals surface area contributed by atoms with Gasteiger partial charge in [0.05, 0.1) is 11.3 Å². The molecular formula is C15H18FNO4. The topological polar surface area (TPSA) is 55.8 Å². The lowest BCUT2D eigenvalue weighted by molar-refractivity contribution is -0.138. The highest BCUT2D eigenvalue weighted by Gasteiger charge is 2.36. The lowest BCUT2D eigenvalue weighted by Crippen LogP contribution is -2.33. The van der Waals surface area contributed by atoms with E-state index in [1.54, 1.807) is 0 Å². The normalized spacial score (nSPS) is 14.2. The molecule has 0 bridgehead atoms. The lowest BCUT2D eigenvalue weighted by Gasteiger charge is -2.21. The number of Topliss-reactive ketones (excluding diaryl/α,β-unsaturated/α-hetero) is 1. The van der Waals surface area contributed by atoms with Gasteiger partial charge in [0.1, 0.15) is 5.82 Å². The molecule has 1 aromatic rings. The molecule has 0 N–H and O–H groups in total. The number of ether oxygens (including phenoxy) is 2. The standard InChI is InChI=1S/C15H18FNO4/c1-3-20-13(21-4-2)7-8-17-12-9-10(16)5-6-11(12)14(18)15(17)19/h5-6,9,13H,3-4,7-8H2,1-2H3. The van der Waals surface area contributed by atoms with Crippen molar-refractivity contribution in [1.82, 2.24) is 0 Å². The van der Waals surface area contributed by atoms with E-state index in [0.717, 1.165) is 0 Å². The van der Waals surface area contributed by atoms with E-state index in [1.165, 1.54) is 23.1 Å². The number of amides is 1. The van der Waals surface area contributed by atoms with Crippen molar-refractivity contribution < 1.29 is 23.5 Å². The Kier molecular flexibility index (Phi) is 5.03. The van der Waals surface area contributed by atoms with Crippen LogP contribution in [0.5, 0.6) is 0 Å². The molecule has 2 rings (SSSR count). The third kappa shape index (κ3) is 3.28. The minimum atomic E-state index is -0.637. The molecule has 0 saturated heterocycles. The molecule has 5 nitrogen and oxygen atoms in total. The quantitative estimate of drug-likeness (QED) is 0.571. The molecule has 0 aromatic heterocycles. The van der Waals surface area contributed by atoms with Gasteiger partial charge >= 0.3 is 0 Å². The first-order chi connectivity index (χ1) is 10.1. The maximum atomic E-state index is 13.3. The van der Waals surface area contributed by atoms with Crippen LogP contribution in [0.25, 0.3) is 0 Å². The average Bonchev–Trinajstić information content (AvgIpc) is 2.69. The van der Waals surface area contributed by atoms with E-state index in [2.05, 4.69) is 0 Å². The summed E-state index contributed by atoms with van der Waals surface area (Å²) in [4.78, 5) is 25.1. The fourth-order valence-electron chi connectivity index (χ4n) is 2.31. The third-order valence-electron chi connectivity index (χ3n) is 3.23. The van der Waals surface area contributed by atoms with Crippen LogP contribution in [0.1, 0.15) is 30.6 Å². The summed E-state index contributed by atoms with van der Waals surface area (Å²) in [5, 5.41) is 0. The predicted molar refractivity (Wildman–Crippen MR) is 74.7 cm³/mol. The van der Waals surface area contributed by atoms with Crippen LogP contribution in [0.2, 0.25) is 0 Å². The van der Waals surface area contributed by atoms with Crippen LogP contribution in [0.15, 0.2) is 18.2 Å². The Morgan fingerprint density at radius 2 is 1.86 bits per heavy atom. The Labute approximate surface area is 122 Å². The van der Waals surface area contributed by atoms with Crippen molar-refractivity contribution in [2.75, 3.05) is 24.7 Å². The number of hydrogen-bond acceptors (Lipinski definition) is 4. The Morgan fingerprint density at radius 3 is 2.48 bits per heavy atom. The highest BCUT2D eigenvalue weighted by molar-refractivity contribution is 6.52. The van der Waals surface area contributed by atoms with Crippen LogP contribution in [0.3, 0.4) is 0 Å². The molecule has 1 aliphatic heterocycles. The van der Waals surface area contributed by atoms with E-state index in [4.69, 9.17) is 9.47 Å².